The second-order valence-corrected chi connectivity index (χ2v) is 5.33. The molecule has 1 atom stereocenters. The first-order valence-corrected chi connectivity index (χ1v) is 6.97. The smallest absolute Gasteiger partial charge is 0.0813 e. The van der Waals surface area contributed by atoms with E-state index in [4.69, 9.17) is 4.74 Å². The van der Waals surface area contributed by atoms with Crippen molar-refractivity contribution in [2.75, 3.05) is 6.54 Å². The molecule has 1 rings (SSSR count). The standard InChI is InChI=1S/C13H23NOS/c1-4-8-14-9-12-6-7-13(16-12)10-15-11(3)5-2/h6-7,11,14H,4-5,8-10H2,1-3H3. The van der Waals surface area contributed by atoms with E-state index in [1.54, 1.807) is 0 Å². The lowest BCUT2D eigenvalue weighted by molar-refractivity contribution is 0.0525. The zero-order valence-electron chi connectivity index (χ0n) is 10.6. The maximum absolute atomic E-state index is 5.71. The number of nitrogens with one attached hydrogen (secondary N) is 1. The van der Waals surface area contributed by atoms with Crippen LogP contribution in [-0.2, 0) is 17.9 Å². The number of ether oxygens (including phenoxy) is 1. The Morgan fingerprint density at radius 2 is 2.06 bits per heavy atom. The van der Waals surface area contributed by atoms with E-state index in [0.29, 0.717) is 6.10 Å². The molecule has 0 bridgehead atoms. The quantitative estimate of drug-likeness (QED) is 0.703. The molecule has 0 fully saturated rings. The van der Waals surface area contributed by atoms with Crippen LogP contribution in [0.15, 0.2) is 12.1 Å². The van der Waals surface area contributed by atoms with Crippen LogP contribution in [0.3, 0.4) is 0 Å². The Morgan fingerprint density at radius 3 is 2.75 bits per heavy atom. The summed E-state index contributed by atoms with van der Waals surface area (Å²) < 4.78 is 5.71. The Labute approximate surface area is 103 Å². The molecule has 1 heterocycles. The first-order chi connectivity index (χ1) is 7.76. The molecule has 2 nitrogen and oxygen atoms in total. The Balaban J connectivity index is 2.28. The van der Waals surface area contributed by atoms with Crippen LogP contribution < -0.4 is 5.32 Å². The molecule has 0 amide bonds. The lowest BCUT2D eigenvalue weighted by atomic mass is 10.3. The van der Waals surface area contributed by atoms with Gasteiger partial charge in [-0.3, -0.25) is 0 Å². The van der Waals surface area contributed by atoms with Gasteiger partial charge in [-0.1, -0.05) is 13.8 Å². The highest BCUT2D eigenvalue weighted by atomic mass is 32.1. The lowest BCUT2D eigenvalue weighted by Crippen LogP contribution is -2.12. The van der Waals surface area contributed by atoms with E-state index in [9.17, 15) is 0 Å². The summed E-state index contributed by atoms with van der Waals surface area (Å²) in [7, 11) is 0. The van der Waals surface area contributed by atoms with Gasteiger partial charge in [0.1, 0.15) is 0 Å². The molecule has 1 aromatic rings. The molecule has 0 aliphatic rings. The van der Waals surface area contributed by atoms with Crippen LogP contribution in [0, 0.1) is 0 Å². The first-order valence-electron chi connectivity index (χ1n) is 6.16. The van der Waals surface area contributed by atoms with Crippen molar-refractivity contribution in [3.63, 3.8) is 0 Å². The van der Waals surface area contributed by atoms with Crippen molar-refractivity contribution in [2.24, 2.45) is 0 Å². The molecule has 0 saturated heterocycles. The zero-order valence-corrected chi connectivity index (χ0v) is 11.4. The lowest BCUT2D eigenvalue weighted by Gasteiger charge is -2.08. The van der Waals surface area contributed by atoms with Gasteiger partial charge in [-0.15, -0.1) is 11.3 Å². The van der Waals surface area contributed by atoms with E-state index in [-0.39, 0.29) is 0 Å². The van der Waals surface area contributed by atoms with E-state index in [0.717, 1.165) is 26.1 Å². The van der Waals surface area contributed by atoms with Crippen LogP contribution in [0.2, 0.25) is 0 Å². The molecule has 0 radical (unpaired) electrons. The van der Waals surface area contributed by atoms with Crippen molar-refractivity contribution >= 4 is 11.3 Å². The molecule has 1 N–H and O–H groups in total. The van der Waals surface area contributed by atoms with E-state index < -0.39 is 0 Å². The van der Waals surface area contributed by atoms with Crippen molar-refractivity contribution in [1.82, 2.24) is 5.32 Å². The van der Waals surface area contributed by atoms with Crippen LogP contribution in [-0.4, -0.2) is 12.6 Å². The maximum atomic E-state index is 5.71. The van der Waals surface area contributed by atoms with Gasteiger partial charge in [-0.25, -0.2) is 0 Å². The van der Waals surface area contributed by atoms with E-state index in [1.807, 2.05) is 11.3 Å². The maximum Gasteiger partial charge on any atom is 0.0813 e. The third kappa shape index (κ3) is 5.10. The second-order valence-electron chi connectivity index (χ2n) is 4.07. The fraction of sp³-hybridized carbons (Fsp3) is 0.692. The average Bonchev–Trinajstić information content (AvgIpc) is 2.74. The monoisotopic (exact) mass is 241 g/mol. The molecule has 1 aromatic heterocycles. The molecule has 16 heavy (non-hydrogen) atoms. The summed E-state index contributed by atoms with van der Waals surface area (Å²) in [6.07, 6.45) is 2.63. The predicted molar refractivity (Wildman–Crippen MR) is 70.9 cm³/mol. The molecule has 3 heteroatoms. The summed E-state index contributed by atoms with van der Waals surface area (Å²) in [5.41, 5.74) is 0. The van der Waals surface area contributed by atoms with Gasteiger partial charge in [0.2, 0.25) is 0 Å². The topological polar surface area (TPSA) is 21.3 Å². The average molecular weight is 241 g/mol. The Hall–Kier alpha value is -0.380. The molecule has 0 spiro atoms. The minimum absolute atomic E-state index is 0.365. The van der Waals surface area contributed by atoms with Crippen molar-refractivity contribution in [2.45, 2.75) is 52.9 Å². The molecule has 0 aliphatic carbocycles. The van der Waals surface area contributed by atoms with Gasteiger partial charge in [0.15, 0.2) is 0 Å². The van der Waals surface area contributed by atoms with Crippen molar-refractivity contribution in [1.29, 1.82) is 0 Å². The van der Waals surface area contributed by atoms with Gasteiger partial charge >= 0.3 is 0 Å². The Morgan fingerprint density at radius 1 is 1.31 bits per heavy atom. The predicted octanol–water partition coefficient (Wildman–Crippen LogP) is 3.56. The van der Waals surface area contributed by atoms with Crippen LogP contribution in [0.1, 0.15) is 43.4 Å². The fourth-order valence-corrected chi connectivity index (χ4v) is 2.24. The highest BCUT2D eigenvalue weighted by Gasteiger charge is 2.02. The first kappa shape index (κ1) is 13.7. The second kappa shape index (κ2) is 7.82. The Bertz CT molecular complexity index is 285. The Kier molecular flexibility index (Phi) is 6.69. The summed E-state index contributed by atoms with van der Waals surface area (Å²) in [5, 5.41) is 3.41. The van der Waals surface area contributed by atoms with Crippen LogP contribution in [0.25, 0.3) is 0 Å². The van der Waals surface area contributed by atoms with Gasteiger partial charge in [-0.05, 0) is 38.4 Å². The summed E-state index contributed by atoms with van der Waals surface area (Å²) in [6, 6.07) is 4.37. The third-order valence-electron chi connectivity index (χ3n) is 2.53. The number of thiophene rings is 1. The van der Waals surface area contributed by atoms with Crippen LogP contribution >= 0.6 is 11.3 Å². The van der Waals surface area contributed by atoms with Crippen LogP contribution in [0.4, 0.5) is 0 Å². The van der Waals surface area contributed by atoms with Crippen molar-refractivity contribution in [3.05, 3.63) is 21.9 Å². The molecular formula is C13H23NOS. The summed E-state index contributed by atoms with van der Waals surface area (Å²) >= 11 is 1.85. The van der Waals surface area contributed by atoms with Crippen molar-refractivity contribution in [3.8, 4) is 0 Å². The van der Waals surface area contributed by atoms with E-state index in [1.165, 1.54) is 16.2 Å². The van der Waals surface area contributed by atoms with E-state index in [2.05, 4.69) is 38.2 Å². The van der Waals surface area contributed by atoms with Gasteiger partial charge in [-0.2, -0.15) is 0 Å². The third-order valence-corrected chi connectivity index (χ3v) is 3.59. The molecule has 0 aliphatic heterocycles. The number of hydrogen-bond acceptors (Lipinski definition) is 3. The molecule has 0 saturated carbocycles. The molecule has 92 valence electrons. The number of rotatable bonds is 8. The number of hydrogen-bond donors (Lipinski definition) is 1. The largest absolute Gasteiger partial charge is 0.373 e. The zero-order chi connectivity index (χ0) is 11.8. The molecular weight excluding hydrogens is 218 g/mol. The minimum atomic E-state index is 0.365. The molecule has 0 aromatic carbocycles. The van der Waals surface area contributed by atoms with Gasteiger partial charge < -0.3 is 10.1 Å². The summed E-state index contributed by atoms with van der Waals surface area (Å²) in [6.45, 7) is 9.30. The highest BCUT2D eigenvalue weighted by molar-refractivity contribution is 7.11. The summed E-state index contributed by atoms with van der Waals surface area (Å²) in [4.78, 5) is 2.73. The van der Waals surface area contributed by atoms with E-state index >= 15 is 0 Å². The van der Waals surface area contributed by atoms with Gasteiger partial charge in [0, 0.05) is 16.3 Å². The fourth-order valence-electron chi connectivity index (χ4n) is 1.33. The summed E-state index contributed by atoms with van der Waals surface area (Å²) in [5.74, 6) is 0. The van der Waals surface area contributed by atoms with Gasteiger partial charge in [0.25, 0.3) is 0 Å². The SMILES string of the molecule is CCCNCc1ccc(COC(C)CC)s1. The normalized spacial score (nSPS) is 12.9. The minimum Gasteiger partial charge on any atom is -0.373 e. The van der Waals surface area contributed by atoms with Gasteiger partial charge in [0.05, 0.1) is 12.7 Å². The van der Waals surface area contributed by atoms with Crippen LogP contribution in [0.5, 0.6) is 0 Å². The highest BCUT2D eigenvalue weighted by Crippen LogP contribution is 2.18. The van der Waals surface area contributed by atoms with Crippen molar-refractivity contribution < 1.29 is 4.74 Å². The molecule has 1 unspecified atom stereocenters.